The lowest BCUT2D eigenvalue weighted by Gasteiger charge is -2.26. The first-order chi connectivity index (χ1) is 18.2. The fourth-order valence-corrected chi connectivity index (χ4v) is 5.98. The van der Waals surface area contributed by atoms with Crippen LogP contribution < -0.4 is 5.73 Å². The van der Waals surface area contributed by atoms with Crippen molar-refractivity contribution in [3.63, 3.8) is 0 Å². The summed E-state index contributed by atoms with van der Waals surface area (Å²) >= 11 is 0. The number of likely N-dealkylation sites (tertiary alicyclic amines) is 1. The van der Waals surface area contributed by atoms with E-state index < -0.39 is 17.7 Å². The highest BCUT2D eigenvalue weighted by Crippen LogP contribution is 2.59. The van der Waals surface area contributed by atoms with Gasteiger partial charge >= 0.3 is 6.47 Å². The minimum Gasteiger partial charge on any atom is -0.382 e. The van der Waals surface area contributed by atoms with E-state index in [9.17, 15) is 14.0 Å². The molecule has 10 heteroatoms. The second-order valence-corrected chi connectivity index (χ2v) is 10.6. The molecule has 2 aromatic carbocycles. The number of rotatable bonds is 6. The van der Waals surface area contributed by atoms with Gasteiger partial charge in [0.1, 0.15) is 17.2 Å². The number of hydrogen-bond acceptors (Lipinski definition) is 7. The van der Waals surface area contributed by atoms with E-state index in [0.29, 0.717) is 23.1 Å². The third kappa shape index (κ3) is 3.82. The van der Waals surface area contributed by atoms with Gasteiger partial charge in [0, 0.05) is 35.7 Å². The zero-order chi connectivity index (χ0) is 26.8. The standard InChI is InChI=1S/C28H27F2N5O3/c1-15(2)34-12-20-11-28(20,13-34)19-5-3-16(4-6-19)23-25(30)33-26(31)24(32-23)18-9-17-7-8-35(38-14-36)27(37)22(17)21(29)10-18/h3-6,9-10,14-15,20H,7-8,11-13H2,1-2H3,(H2,31,33)/t20-,28+/m1/s1. The van der Waals surface area contributed by atoms with Crippen molar-refractivity contribution < 1.29 is 23.2 Å². The lowest BCUT2D eigenvalue weighted by Crippen LogP contribution is -2.38. The highest BCUT2D eigenvalue weighted by atomic mass is 19.1. The lowest BCUT2D eigenvalue weighted by atomic mass is 9.93. The van der Waals surface area contributed by atoms with Crippen molar-refractivity contribution in [1.82, 2.24) is 19.9 Å². The molecular formula is C28H27F2N5O3. The molecule has 3 heterocycles. The maximum absolute atomic E-state index is 15.1. The third-order valence-corrected chi connectivity index (χ3v) is 8.16. The molecule has 6 rings (SSSR count). The minimum absolute atomic E-state index is 0.0144. The molecule has 1 aromatic heterocycles. The topological polar surface area (TPSA) is 102 Å². The van der Waals surface area contributed by atoms with Crippen molar-refractivity contribution in [3.05, 3.63) is 64.9 Å². The van der Waals surface area contributed by atoms with Crippen LogP contribution in [-0.2, 0) is 21.5 Å². The zero-order valence-corrected chi connectivity index (χ0v) is 21.1. The van der Waals surface area contributed by atoms with Gasteiger partial charge in [-0.05, 0) is 55.9 Å². The molecule has 1 amide bonds. The summed E-state index contributed by atoms with van der Waals surface area (Å²) in [5, 5.41) is 0.807. The normalized spacial score (nSPS) is 22.4. The van der Waals surface area contributed by atoms with Crippen molar-refractivity contribution in [3.8, 4) is 22.5 Å². The molecule has 8 nitrogen and oxygen atoms in total. The number of aromatic nitrogens is 2. The first kappa shape index (κ1) is 24.4. The molecule has 2 aliphatic heterocycles. The Bertz CT molecular complexity index is 1460. The Kier molecular flexibility index (Phi) is 5.68. The van der Waals surface area contributed by atoms with Crippen LogP contribution in [0.25, 0.3) is 22.5 Å². The van der Waals surface area contributed by atoms with E-state index in [1.165, 1.54) is 12.0 Å². The predicted octanol–water partition coefficient (Wildman–Crippen LogP) is 3.74. The van der Waals surface area contributed by atoms with E-state index in [2.05, 4.69) is 33.6 Å². The molecule has 2 N–H and O–H groups in total. The summed E-state index contributed by atoms with van der Waals surface area (Å²) in [4.78, 5) is 38.6. The molecule has 1 saturated carbocycles. The Morgan fingerprint density at radius 1 is 1.13 bits per heavy atom. The molecule has 2 atom stereocenters. The summed E-state index contributed by atoms with van der Waals surface area (Å²) in [5.41, 5.74) is 8.61. The van der Waals surface area contributed by atoms with Crippen LogP contribution in [0.1, 0.15) is 41.8 Å². The van der Waals surface area contributed by atoms with E-state index in [0.717, 1.165) is 24.2 Å². The van der Waals surface area contributed by atoms with E-state index in [4.69, 9.17) is 5.73 Å². The van der Waals surface area contributed by atoms with Gasteiger partial charge in [0.2, 0.25) is 5.95 Å². The van der Waals surface area contributed by atoms with Crippen molar-refractivity contribution >= 4 is 18.2 Å². The second kappa shape index (κ2) is 8.83. The number of nitrogen functional groups attached to an aromatic ring is 1. The molecule has 1 saturated heterocycles. The average molecular weight is 520 g/mol. The van der Waals surface area contributed by atoms with Gasteiger partial charge in [0.25, 0.3) is 5.91 Å². The Balaban J connectivity index is 1.32. The fraction of sp³-hybridized carbons (Fsp3) is 0.357. The molecule has 0 bridgehead atoms. The fourth-order valence-electron chi connectivity index (χ4n) is 5.98. The quantitative estimate of drug-likeness (QED) is 0.495. The van der Waals surface area contributed by atoms with Gasteiger partial charge in [0.15, 0.2) is 5.82 Å². The van der Waals surface area contributed by atoms with E-state index in [-0.39, 0.29) is 53.2 Å². The number of anilines is 1. The van der Waals surface area contributed by atoms with Gasteiger partial charge in [-0.3, -0.25) is 14.5 Å². The number of benzene rings is 2. The number of carbonyl (C=O) groups is 2. The van der Waals surface area contributed by atoms with Gasteiger partial charge in [-0.15, -0.1) is 0 Å². The molecule has 3 aliphatic rings. The molecule has 3 aromatic rings. The monoisotopic (exact) mass is 519 g/mol. The Morgan fingerprint density at radius 3 is 2.58 bits per heavy atom. The van der Waals surface area contributed by atoms with Gasteiger partial charge < -0.3 is 10.6 Å². The highest BCUT2D eigenvalue weighted by molar-refractivity contribution is 5.97. The number of fused-ring (bicyclic) bond motifs is 2. The molecule has 38 heavy (non-hydrogen) atoms. The lowest BCUT2D eigenvalue weighted by molar-refractivity contribution is -0.161. The highest BCUT2D eigenvalue weighted by Gasteiger charge is 2.60. The number of amides is 1. The smallest absolute Gasteiger partial charge is 0.320 e. The molecule has 196 valence electrons. The maximum Gasteiger partial charge on any atom is 0.320 e. The van der Waals surface area contributed by atoms with Gasteiger partial charge in [0.05, 0.1) is 12.1 Å². The average Bonchev–Trinajstić information content (AvgIpc) is 3.46. The third-order valence-electron chi connectivity index (χ3n) is 8.16. The molecule has 0 unspecified atom stereocenters. The Morgan fingerprint density at radius 2 is 1.89 bits per heavy atom. The maximum atomic E-state index is 15.1. The molecule has 1 aliphatic carbocycles. The number of piperidine rings is 1. The van der Waals surface area contributed by atoms with Gasteiger partial charge in [-0.25, -0.2) is 9.37 Å². The zero-order valence-electron chi connectivity index (χ0n) is 21.1. The van der Waals surface area contributed by atoms with Gasteiger partial charge in [-0.1, -0.05) is 24.3 Å². The van der Waals surface area contributed by atoms with Gasteiger partial charge in [-0.2, -0.15) is 14.4 Å². The summed E-state index contributed by atoms with van der Waals surface area (Å²) in [6.45, 7) is 6.75. The number of nitrogens with zero attached hydrogens (tertiary/aromatic N) is 4. The van der Waals surface area contributed by atoms with Crippen LogP contribution in [0.4, 0.5) is 14.6 Å². The number of hydrogen-bond donors (Lipinski definition) is 1. The molecule has 0 spiro atoms. The van der Waals surface area contributed by atoms with E-state index >= 15 is 4.39 Å². The summed E-state index contributed by atoms with van der Waals surface area (Å²) in [6.07, 6.45) is 1.42. The van der Waals surface area contributed by atoms with Crippen molar-refractivity contribution in [2.24, 2.45) is 5.92 Å². The number of nitrogens with two attached hydrogens (primary N) is 1. The predicted molar refractivity (Wildman–Crippen MR) is 136 cm³/mol. The van der Waals surface area contributed by atoms with Crippen molar-refractivity contribution in [2.45, 2.75) is 38.1 Å². The Hall–Kier alpha value is -3.92. The first-order valence-electron chi connectivity index (χ1n) is 12.6. The largest absolute Gasteiger partial charge is 0.382 e. The van der Waals surface area contributed by atoms with Crippen LogP contribution in [0.2, 0.25) is 0 Å². The number of hydroxylamine groups is 2. The van der Waals surface area contributed by atoms with E-state index in [1.807, 2.05) is 24.3 Å². The Labute approximate surface area is 218 Å². The summed E-state index contributed by atoms with van der Waals surface area (Å²) in [7, 11) is 0. The molecule has 0 radical (unpaired) electrons. The summed E-state index contributed by atoms with van der Waals surface area (Å²) < 4.78 is 30.0. The molecular weight excluding hydrogens is 492 g/mol. The SMILES string of the molecule is CC(C)N1C[C@H]2C[C@@]2(c2ccc(-c3nc(-c4cc(F)c5c(c4)CCN(OC=O)C5=O)c(N)nc3F)cc2)C1. The number of carbonyl (C=O) groups excluding carboxylic acids is 2. The van der Waals surface area contributed by atoms with Crippen molar-refractivity contribution in [1.29, 1.82) is 0 Å². The van der Waals surface area contributed by atoms with Crippen LogP contribution in [-0.4, -0.2) is 58.0 Å². The minimum atomic E-state index is -0.816. The van der Waals surface area contributed by atoms with Crippen molar-refractivity contribution in [2.75, 3.05) is 25.4 Å². The van der Waals surface area contributed by atoms with Crippen LogP contribution >= 0.6 is 0 Å². The first-order valence-corrected chi connectivity index (χ1v) is 12.6. The van der Waals surface area contributed by atoms with Crippen LogP contribution in [0.3, 0.4) is 0 Å². The summed E-state index contributed by atoms with van der Waals surface area (Å²) in [5.74, 6) is -1.92. The summed E-state index contributed by atoms with van der Waals surface area (Å²) in [6, 6.07) is 11.0. The van der Waals surface area contributed by atoms with Crippen LogP contribution in [0.15, 0.2) is 36.4 Å². The van der Waals surface area contributed by atoms with Crippen LogP contribution in [0.5, 0.6) is 0 Å². The van der Waals surface area contributed by atoms with Crippen LogP contribution in [0, 0.1) is 17.7 Å². The van der Waals surface area contributed by atoms with E-state index in [1.54, 1.807) is 6.07 Å². The second-order valence-electron chi connectivity index (χ2n) is 10.6. The molecule has 2 fully saturated rings. The number of halogens is 2.